The van der Waals surface area contributed by atoms with Gasteiger partial charge in [-0.2, -0.15) is 0 Å². The Kier molecular flexibility index (Phi) is 6.74. The van der Waals surface area contributed by atoms with Crippen LogP contribution in [0.15, 0.2) is 72.8 Å². The molecule has 2 amide bonds. The van der Waals surface area contributed by atoms with Crippen LogP contribution in [0.4, 0.5) is 0 Å². The van der Waals surface area contributed by atoms with Gasteiger partial charge in [-0.15, -0.1) is 0 Å². The predicted octanol–water partition coefficient (Wildman–Crippen LogP) is 5.87. The van der Waals surface area contributed by atoms with Crippen molar-refractivity contribution in [2.24, 2.45) is 5.92 Å². The van der Waals surface area contributed by atoms with Gasteiger partial charge in [-0.3, -0.25) is 9.59 Å². The highest BCUT2D eigenvalue weighted by Crippen LogP contribution is 2.35. The Labute approximate surface area is 214 Å². The summed E-state index contributed by atoms with van der Waals surface area (Å²) in [6.45, 7) is 7.28. The number of aromatic nitrogens is 1. The largest absolute Gasteiger partial charge is 0.351 e. The number of carbonyl (C=O) groups excluding carboxylic acids is 2. The molecule has 5 heteroatoms. The van der Waals surface area contributed by atoms with Crippen LogP contribution in [0.1, 0.15) is 68.4 Å². The Morgan fingerprint density at radius 3 is 2.22 bits per heavy atom. The van der Waals surface area contributed by atoms with E-state index in [1.807, 2.05) is 64.9 Å². The van der Waals surface area contributed by atoms with E-state index >= 15 is 0 Å². The van der Waals surface area contributed by atoms with Crippen LogP contribution in [0.5, 0.6) is 0 Å². The summed E-state index contributed by atoms with van der Waals surface area (Å²) >= 11 is 0. The number of fused-ring (bicyclic) bond motifs is 1. The Balaban J connectivity index is 1.49. The molecule has 0 spiro atoms. The summed E-state index contributed by atoms with van der Waals surface area (Å²) < 4.78 is 2.05. The second-order valence-electron chi connectivity index (χ2n) is 11.0. The first-order valence-electron chi connectivity index (χ1n) is 13.3. The number of nitrogens with zero attached hydrogens (tertiary/aromatic N) is 2. The second-order valence-corrected chi connectivity index (χ2v) is 11.0. The molecule has 1 aliphatic heterocycles. The third kappa shape index (κ3) is 4.59. The second kappa shape index (κ2) is 9.96. The average molecular weight is 484 g/mol. The third-order valence-corrected chi connectivity index (χ3v) is 8.24. The summed E-state index contributed by atoms with van der Waals surface area (Å²) in [6, 6.07) is 24.4. The van der Waals surface area contributed by atoms with Gasteiger partial charge in [-0.25, -0.2) is 0 Å². The first-order chi connectivity index (χ1) is 17.4. The Morgan fingerprint density at radius 1 is 0.944 bits per heavy atom. The fraction of sp³-hybridized carbons (Fsp3) is 0.419. The van der Waals surface area contributed by atoms with Crippen LogP contribution in [0.2, 0.25) is 0 Å². The van der Waals surface area contributed by atoms with E-state index in [0.29, 0.717) is 24.7 Å². The average Bonchev–Trinajstić information content (AvgIpc) is 3.32. The number of amides is 2. The smallest absolute Gasteiger partial charge is 0.271 e. The molecule has 0 saturated heterocycles. The minimum Gasteiger partial charge on any atom is -0.351 e. The quantitative estimate of drug-likeness (QED) is 0.477. The minimum atomic E-state index is -0.987. The van der Waals surface area contributed by atoms with Crippen molar-refractivity contribution in [1.29, 1.82) is 0 Å². The molecule has 1 fully saturated rings. The highest BCUT2D eigenvalue weighted by Gasteiger charge is 2.48. The normalized spacial score (nSPS) is 24.8. The molecule has 2 atom stereocenters. The zero-order chi connectivity index (χ0) is 25.3. The molecule has 1 aromatic heterocycles. The fourth-order valence-electron chi connectivity index (χ4n) is 5.83. The summed E-state index contributed by atoms with van der Waals surface area (Å²) in [5.74, 6) is 0.687. The summed E-state index contributed by atoms with van der Waals surface area (Å²) in [5, 5.41) is 3.35. The van der Waals surface area contributed by atoms with Crippen molar-refractivity contribution < 1.29 is 9.59 Å². The predicted molar refractivity (Wildman–Crippen MR) is 144 cm³/mol. The number of hydrogen-bond donors (Lipinski definition) is 1. The molecule has 3 aromatic rings. The van der Waals surface area contributed by atoms with Crippen molar-refractivity contribution in [2.45, 2.75) is 70.5 Å². The van der Waals surface area contributed by atoms with Gasteiger partial charge in [-0.1, -0.05) is 74.5 Å². The fourth-order valence-corrected chi connectivity index (χ4v) is 5.83. The number of carbonyl (C=O) groups is 2. The zero-order valence-electron chi connectivity index (χ0n) is 21.6. The number of rotatable bonds is 6. The standard InChI is InChI=1S/C31H37N3O2/c1-22-14-16-26(17-15-22)32-30(36)31(3)21-33-27(25-12-8-5-9-13-25)18-19-28(33)29(35)34(31)20-23(2)24-10-6-4-7-11-24/h4-13,18-19,22-23,26H,14-17,20-21H2,1-3H3,(H,32,36). The molecule has 2 aromatic carbocycles. The van der Waals surface area contributed by atoms with Gasteiger partial charge >= 0.3 is 0 Å². The summed E-state index contributed by atoms with van der Waals surface area (Å²) in [6.07, 6.45) is 4.27. The van der Waals surface area contributed by atoms with Crippen molar-refractivity contribution in [3.05, 3.63) is 84.1 Å². The molecule has 0 bridgehead atoms. The maximum Gasteiger partial charge on any atom is 0.271 e. The van der Waals surface area contributed by atoms with E-state index in [4.69, 9.17) is 0 Å². The molecule has 2 aliphatic rings. The molecule has 1 aliphatic carbocycles. The van der Waals surface area contributed by atoms with Gasteiger partial charge in [0.25, 0.3) is 5.91 Å². The molecule has 0 radical (unpaired) electrons. The molecule has 36 heavy (non-hydrogen) atoms. The van der Waals surface area contributed by atoms with Gasteiger partial charge in [-0.05, 0) is 67.7 Å². The highest BCUT2D eigenvalue weighted by atomic mass is 16.2. The molecule has 2 heterocycles. The van der Waals surface area contributed by atoms with Gasteiger partial charge in [0.1, 0.15) is 11.2 Å². The molecule has 5 nitrogen and oxygen atoms in total. The summed E-state index contributed by atoms with van der Waals surface area (Å²) in [7, 11) is 0. The highest BCUT2D eigenvalue weighted by molar-refractivity contribution is 6.00. The summed E-state index contributed by atoms with van der Waals surface area (Å²) in [4.78, 5) is 29.8. The van der Waals surface area contributed by atoms with Crippen LogP contribution in [-0.2, 0) is 11.3 Å². The van der Waals surface area contributed by atoms with Gasteiger partial charge in [0.2, 0.25) is 5.91 Å². The van der Waals surface area contributed by atoms with Crippen molar-refractivity contribution in [3.63, 3.8) is 0 Å². The molecular weight excluding hydrogens is 446 g/mol. The Hall–Kier alpha value is -3.34. The van der Waals surface area contributed by atoms with E-state index in [9.17, 15) is 9.59 Å². The molecule has 1 N–H and O–H groups in total. The molecular formula is C31H37N3O2. The molecule has 2 unspecified atom stereocenters. The maximum absolute atomic E-state index is 14.0. The minimum absolute atomic E-state index is 0.0472. The van der Waals surface area contributed by atoms with Gasteiger partial charge in [0, 0.05) is 18.3 Å². The van der Waals surface area contributed by atoms with Gasteiger partial charge < -0.3 is 14.8 Å². The van der Waals surface area contributed by atoms with Crippen molar-refractivity contribution in [2.75, 3.05) is 6.54 Å². The lowest BCUT2D eigenvalue weighted by atomic mass is 9.86. The lowest BCUT2D eigenvalue weighted by Crippen LogP contribution is -2.65. The Morgan fingerprint density at radius 2 is 1.56 bits per heavy atom. The number of nitrogens with one attached hydrogen (secondary N) is 1. The molecule has 188 valence electrons. The SMILES string of the molecule is CC1CCC(NC(=O)C2(C)Cn3c(ccc3-c3ccccc3)C(=O)N2CC(C)c2ccccc2)CC1. The van der Waals surface area contributed by atoms with Crippen LogP contribution in [-0.4, -0.2) is 39.4 Å². The van der Waals surface area contributed by atoms with E-state index in [-0.39, 0.29) is 23.8 Å². The first-order valence-corrected chi connectivity index (χ1v) is 13.3. The lowest BCUT2D eigenvalue weighted by molar-refractivity contribution is -0.134. The van der Waals surface area contributed by atoms with Crippen LogP contribution >= 0.6 is 0 Å². The number of benzene rings is 2. The van der Waals surface area contributed by atoms with Crippen molar-refractivity contribution in [1.82, 2.24) is 14.8 Å². The zero-order valence-corrected chi connectivity index (χ0v) is 21.6. The number of hydrogen-bond acceptors (Lipinski definition) is 2. The van der Waals surface area contributed by atoms with E-state index in [0.717, 1.165) is 36.9 Å². The molecule has 5 rings (SSSR count). The monoisotopic (exact) mass is 483 g/mol. The first kappa shape index (κ1) is 24.4. The van der Waals surface area contributed by atoms with Crippen LogP contribution in [0, 0.1) is 5.92 Å². The topological polar surface area (TPSA) is 54.3 Å². The molecule has 1 saturated carbocycles. The summed E-state index contributed by atoms with van der Waals surface area (Å²) in [5.41, 5.74) is 2.84. The van der Waals surface area contributed by atoms with E-state index in [1.54, 1.807) is 0 Å². The van der Waals surface area contributed by atoms with Gasteiger partial charge in [0.15, 0.2) is 0 Å². The van der Waals surface area contributed by atoms with Crippen LogP contribution in [0.25, 0.3) is 11.3 Å². The van der Waals surface area contributed by atoms with E-state index in [2.05, 4.69) is 43.4 Å². The van der Waals surface area contributed by atoms with Crippen LogP contribution < -0.4 is 5.32 Å². The maximum atomic E-state index is 14.0. The van der Waals surface area contributed by atoms with Crippen molar-refractivity contribution in [3.8, 4) is 11.3 Å². The Bertz CT molecular complexity index is 1210. The van der Waals surface area contributed by atoms with Crippen molar-refractivity contribution >= 4 is 11.8 Å². The van der Waals surface area contributed by atoms with Gasteiger partial charge in [0.05, 0.1) is 6.54 Å². The van der Waals surface area contributed by atoms with E-state index < -0.39 is 5.54 Å². The lowest BCUT2D eigenvalue weighted by Gasteiger charge is -2.46. The third-order valence-electron chi connectivity index (χ3n) is 8.24. The van der Waals surface area contributed by atoms with Crippen LogP contribution in [0.3, 0.4) is 0 Å². The van der Waals surface area contributed by atoms with E-state index in [1.165, 1.54) is 5.56 Å².